The fourth-order valence-electron chi connectivity index (χ4n) is 8.49. The summed E-state index contributed by atoms with van der Waals surface area (Å²) >= 11 is 0. The van der Waals surface area contributed by atoms with Gasteiger partial charge in [-0.1, -0.05) is 140 Å². The Balaban J connectivity index is 1.27. The molecule has 242 valence electrons. The summed E-state index contributed by atoms with van der Waals surface area (Å²) in [6.45, 7) is -0.290. The number of hydrogen-bond donors (Lipinski definition) is 0. The lowest BCUT2D eigenvalue weighted by molar-refractivity contribution is 0.590. The number of para-hydroxylation sites is 3. The number of rotatable bonds is 4. The highest BCUT2D eigenvalue weighted by atomic mass is 16.4. The van der Waals surface area contributed by atoms with Crippen LogP contribution in [0.15, 0.2) is 188 Å². The molecule has 9 aromatic rings. The Hall–Kier alpha value is -6.78. The van der Waals surface area contributed by atoms with E-state index in [2.05, 4.69) is 198 Å². The first-order chi connectivity index (χ1) is 25.8. The van der Waals surface area contributed by atoms with E-state index in [1.165, 1.54) is 60.8 Å². The summed E-state index contributed by atoms with van der Waals surface area (Å²) in [6, 6.07) is 67.7. The first-order valence-electron chi connectivity index (χ1n) is 17.9. The highest BCUT2D eigenvalue weighted by Crippen LogP contribution is 2.49. The Morgan fingerprint density at radius 2 is 1.06 bits per heavy atom. The van der Waals surface area contributed by atoms with E-state index in [0.717, 1.165) is 33.8 Å². The number of benzene rings is 8. The zero-order chi connectivity index (χ0) is 34.2. The van der Waals surface area contributed by atoms with Crippen molar-refractivity contribution in [3.05, 3.63) is 188 Å². The van der Waals surface area contributed by atoms with Crippen molar-refractivity contribution in [1.29, 1.82) is 0 Å². The van der Waals surface area contributed by atoms with Crippen molar-refractivity contribution in [1.82, 2.24) is 4.57 Å². The second-order valence-corrected chi connectivity index (χ2v) is 13.7. The molecule has 2 aliphatic heterocycles. The molecule has 4 heteroatoms. The van der Waals surface area contributed by atoms with E-state index < -0.39 is 0 Å². The molecule has 0 saturated carbocycles. The summed E-state index contributed by atoms with van der Waals surface area (Å²) in [5.41, 5.74) is 16.3. The van der Waals surface area contributed by atoms with E-state index in [-0.39, 0.29) is 6.92 Å². The average Bonchev–Trinajstić information content (AvgIpc) is 3.56. The monoisotopic (exact) mass is 662 g/mol. The van der Waals surface area contributed by atoms with Gasteiger partial charge in [-0.3, -0.25) is 0 Å². The first kappa shape index (κ1) is 29.0. The maximum absolute atomic E-state index is 7.14. The molecule has 0 saturated heterocycles. The molecule has 0 radical (unpaired) electrons. The van der Waals surface area contributed by atoms with Crippen LogP contribution in [0.4, 0.5) is 17.1 Å². The van der Waals surface area contributed by atoms with Crippen LogP contribution in [0.25, 0.3) is 60.9 Å². The third-order valence-electron chi connectivity index (χ3n) is 10.8. The highest BCUT2D eigenvalue weighted by Gasteiger charge is 2.44. The van der Waals surface area contributed by atoms with Crippen molar-refractivity contribution < 1.29 is 4.65 Å². The Bertz CT molecular complexity index is 2810. The van der Waals surface area contributed by atoms with E-state index in [9.17, 15) is 0 Å². The molecule has 8 aromatic carbocycles. The molecule has 0 atom stereocenters. The lowest BCUT2D eigenvalue weighted by atomic mass is 9.49. The standard InChI is InChI=1S/C48H31BN2O/c1-4-14-32(15-5-1)34-24-27-37(28-25-34)51-43-29-26-35(33-16-6-2-7-17-33)30-41(43)49-47-40(38-20-11-13-23-45(38)52-49)31-44-46(48(47)51)39-21-10-12-22-42(39)50(44)36-18-8-3-9-19-36/h1-31H. The van der Waals surface area contributed by atoms with Gasteiger partial charge in [-0.05, 0) is 81.8 Å². The van der Waals surface area contributed by atoms with E-state index in [1.54, 1.807) is 0 Å². The minimum atomic E-state index is -0.290. The van der Waals surface area contributed by atoms with Crippen molar-refractivity contribution in [2.24, 2.45) is 0 Å². The summed E-state index contributed by atoms with van der Waals surface area (Å²) < 4.78 is 9.57. The SMILES string of the molecule is c1ccc(-c2ccc(N3c4ccc(-c5ccccc5)cc4B4Oc5ccccc5-c5cc6c(c3c54)c3ccccc3n6-c3ccccc3)cc2)cc1. The van der Waals surface area contributed by atoms with Crippen LogP contribution >= 0.6 is 0 Å². The molecule has 1 aromatic heterocycles. The third kappa shape index (κ3) is 4.28. The Morgan fingerprint density at radius 3 is 1.83 bits per heavy atom. The van der Waals surface area contributed by atoms with E-state index in [4.69, 9.17) is 4.65 Å². The molecule has 3 nitrogen and oxygen atoms in total. The van der Waals surface area contributed by atoms with Gasteiger partial charge in [-0.15, -0.1) is 0 Å². The Kier molecular flexibility index (Phi) is 6.35. The van der Waals surface area contributed by atoms with Gasteiger partial charge in [0.2, 0.25) is 0 Å². The van der Waals surface area contributed by atoms with Gasteiger partial charge in [-0.2, -0.15) is 0 Å². The van der Waals surface area contributed by atoms with Gasteiger partial charge in [0.05, 0.1) is 16.7 Å². The molecule has 0 spiro atoms. The van der Waals surface area contributed by atoms with Gasteiger partial charge in [0.25, 0.3) is 0 Å². The quantitative estimate of drug-likeness (QED) is 0.175. The van der Waals surface area contributed by atoms with Gasteiger partial charge in [0, 0.05) is 38.9 Å². The number of fused-ring (bicyclic) bond motifs is 8. The topological polar surface area (TPSA) is 17.4 Å². The second kappa shape index (κ2) is 11.4. The van der Waals surface area contributed by atoms with Gasteiger partial charge < -0.3 is 14.1 Å². The summed E-state index contributed by atoms with van der Waals surface area (Å²) in [7, 11) is 0. The predicted molar refractivity (Wildman–Crippen MR) is 217 cm³/mol. The van der Waals surface area contributed by atoms with Gasteiger partial charge in [0.1, 0.15) is 5.75 Å². The van der Waals surface area contributed by atoms with Crippen LogP contribution < -0.4 is 20.5 Å². The lowest BCUT2D eigenvalue weighted by Gasteiger charge is -2.40. The van der Waals surface area contributed by atoms with Crippen LogP contribution in [0.3, 0.4) is 0 Å². The lowest BCUT2D eigenvalue weighted by Crippen LogP contribution is -2.56. The normalized spacial score (nSPS) is 12.7. The molecule has 11 rings (SSSR count). The largest absolute Gasteiger partial charge is 0.551 e. The third-order valence-corrected chi connectivity index (χ3v) is 10.8. The average molecular weight is 663 g/mol. The smallest absolute Gasteiger partial charge is 0.431 e. The van der Waals surface area contributed by atoms with Gasteiger partial charge in [-0.25, -0.2) is 0 Å². The molecule has 0 unspecified atom stereocenters. The predicted octanol–water partition coefficient (Wildman–Crippen LogP) is 11.1. The van der Waals surface area contributed by atoms with Crippen LogP contribution in [-0.4, -0.2) is 11.5 Å². The van der Waals surface area contributed by atoms with Crippen LogP contribution in [-0.2, 0) is 0 Å². The molecule has 2 aliphatic rings. The van der Waals surface area contributed by atoms with Gasteiger partial charge >= 0.3 is 6.92 Å². The van der Waals surface area contributed by atoms with Crippen LogP contribution in [0.2, 0.25) is 0 Å². The number of anilines is 3. The summed E-state index contributed by atoms with van der Waals surface area (Å²) in [6.07, 6.45) is 0. The minimum Gasteiger partial charge on any atom is -0.551 e. The molecule has 0 fully saturated rings. The minimum absolute atomic E-state index is 0.290. The summed E-state index contributed by atoms with van der Waals surface area (Å²) in [5, 5.41) is 2.43. The second-order valence-electron chi connectivity index (χ2n) is 13.7. The van der Waals surface area contributed by atoms with Crippen molar-refractivity contribution in [3.63, 3.8) is 0 Å². The van der Waals surface area contributed by atoms with Crippen LogP contribution in [0.1, 0.15) is 0 Å². The van der Waals surface area contributed by atoms with Crippen LogP contribution in [0, 0.1) is 0 Å². The van der Waals surface area contributed by atoms with E-state index in [1.807, 2.05) is 0 Å². The molecular formula is C48H31BN2O. The number of aromatic nitrogens is 1. The Labute approximate surface area is 302 Å². The molecule has 0 bridgehead atoms. The first-order valence-corrected chi connectivity index (χ1v) is 17.9. The number of hydrogen-bond acceptors (Lipinski definition) is 2. The Morgan fingerprint density at radius 1 is 0.442 bits per heavy atom. The maximum atomic E-state index is 7.14. The molecule has 0 amide bonds. The fraction of sp³-hybridized carbons (Fsp3) is 0. The maximum Gasteiger partial charge on any atom is 0.431 e. The van der Waals surface area contributed by atoms with Crippen molar-refractivity contribution in [2.45, 2.75) is 0 Å². The molecule has 52 heavy (non-hydrogen) atoms. The molecular weight excluding hydrogens is 631 g/mol. The summed E-state index contributed by atoms with van der Waals surface area (Å²) in [5.74, 6) is 0.907. The highest BCUT2D eigenvalue weighted by molar-refractivity contribution is 6.86. The zero-order valence-electron chi connectivity index (χ0n) is 28.3. The van der Waals surface area contributed by atoms with Crippen molar-refractivity contribution >= 4 is 56.7 Å². The van der Waals surface area contributed by atoms with E-state index in [0.29, 0.717) is 0 Å². The fourth-order valence-corrected chi connectivity index (χ4v) is 8.49. The van der Waals surface area contributed by atoms with Gasteiger partial charge in [0.15, 0.2) is 0 Å². The van der Waals surface area contributed by atoms with Crippen molar-refractivity contribution in [2.75, 3.05) is 4.90 Å². The molecule has 0 aliphatic carbocycles. The number of nitrogens with zero attached hydrogens (tertiary/aromatic N) is 2. The summed E-state index contributed by atoms with van der Waals surface area (Å²) in [4.78, 5) is 2.50. The zero-order valence-corrected chi connectivity index (χ0v) is 28.3. The van der Waals surface area contributed by atoms with Crippen molar-refractivity contribution in [3.8, 4) is 44.8 Å². The van der Waals surface area contributed by atoms with E-state index >= 15 is 0 Å². The molecule has 0 N–H and O–H groups in total. The molecule has 3 heterocycles. The van der Waals surface area contributed by atoms with Crippen LogP contribution in [0.5, 0.6) is 5.75 Å².